The van der Waals surface area contributed by atoms with Crippen LogP contribution in [0, 0.1) is 17.3 Å². The number of rotatable bonds is 3. The van der Waals surface area contributed by atoms with Crippen molar-refractivity contribution in [1.82, 2.24) is 31.1 Å². The van der Waals surface area contributed by atoms with Crippen LogP contribution in [0.4, 0.5) is 5.82 Å². The Hall–Kier alpha value is -4.03. The number of carbonyl (C=O) groups is 4. The van der Waals surface area contributed by atoms with Crippen LogP contribution in [0.5, 0.6) is 0 Å². The topological polar surface area (TPSA) is 136 Å². The fourth-order valence-corrected chi connectivity index (χ4v) is 6.28. The summed E-state index contributed by atoms with van der Waals surface area (Å²) in [5.74, 6) is -1.20. The zero-order valence-electron chi connectivity index (χ0n) is 28.4. The van der Waals surface area contributed by atoms with E-state index in [0.29, 0.717) is 31.6 Å². The lowest BCUT2D eigenvalue weighted by Crippen LogP contribution is -2.63. The number of hydrogen-bond acceptors (Lipinski definition) is 9. The second-order valence-electron chi connectivity index (χ2n) is 14.1. The van der Waals surface area contributed by atoms with Crippen LogP contribution in [0.1, 0.15) is 65.4 Å². The van der Waals surface area contributed by atoms with Crippen LogP contribution in [-0.4, -0.2) is 90.5 Å². The summed E-state index contributed by atoms with van der Waals surface area (Å²) >= 11 is 0. The number of likely N-dealkylation sites (tertiary alicyclic amines) is 1. The normalized spacial score (nSPS) is 26.2. The molecule has 4 heterocycles. The van der Waals surface area contributed by atoms with E-state index in [9.17, 15) is 19.2 Å². The van der Waals surface area contributed by atoms with Gasteiger partial charge < -0.3 is 15.0 Å². The number of fused-ring (bicyclic) bond motifs is 4. The molecule has 3 atom stereocenters. The number of aromatic nitrogens is 1. The van der Waals surface area contributed by atoms with Gasteiger partial charge in [0.1, 0.15) is 17.9 Å². The van der Waals surface area contributed by atoms with Gasteiger partial charge in [0, 0.05) is 19.0 Å². The van der Waals surface area contributed by atoms with Gasteiger partial charge in [-0.3, -0.25) is 34.6 Å². The molecule has 3 aliphatic rings. The van der Waals surface area contributed by atoms with Gasteiger partial charge in [0.05, 0.1) is 10.9 Å². The highest BCUT2D eigenvalue weighted by Gasteiger charge is 2.38. The molecule has 1 aromatic carbocycles. The van der Waals surface area contributed by atoms with Crippen molar-refractivity contribution in [3.05, 3.63) is 42.0 Å². The number of cyclic esters (lactones) is 1. The zero-order chi connectivity index (χ0) is 33.9. The summed E-state index contributed by atoms with van der Waals surface area (Å²) in [6.45, 7) is 9.36. The van der Waals surface area contributed by atoms with E-state index in [4.69, 9.17) is 9.72 Å². The lowest BCUT2D eigenvalue weighted by atomic mass is 9.89. The highest BCUT2D eigenvalue weighted by molar-refractivity contribution is 5.92. The van der Waals surface area contributed by atoms with E-state index in [1.165, 1.54) is 5.01 Å². The smallest absolute Gasteiger partial charge is 0.316 e. The van der Waals surface area contributed by atoms with Gasteiger partial charge >= 0.3 is 5.97 Å². The Bertz CT molecular complexity index is 1520. The molecule has 0 spiro atoms. The maximum absolute atomic E-state index is 14.1. The van der Waals surface area contributed by atoms with Crippen LogP contribution in [-0.2, 0) is 23.9 Å². The highest BCUT2D eigenvalue weighted by Crippen LogP contribution is 2.27. The molecule has 2 saturated heterocycles. The lowest BCUT2D eigenvalue weighted by molar-refractivity contribution is -0.165. The molecule has 254 valence electrons. The van der Waals surface area contributed by atoms with E-state index in [1.54, 1.807) is 32.0 Å². The Kier molecular flexibility index (Phi) is 10.5. The SMILES string of the molecule is CC(C)[C@@H]1OC(=O)C(C)(C)/C=C/c2ccc3ccc(nc3c2)N(C)NC(=O)[C@@H]2CCCN(N2)C(=O)[C@H](CC2CCN(C)CC2)NC1=O. The minimum Gasteiger partial charge on any atom is -0.451 e. The molecule has 2 fully saturated rings. The van der Waals surface area contributed by atoms with Gasteiger partial charge in [0.25, 0.3) is 17.7 Å². The number of esters is 1. The summed E-state index contributed by atoms with van der Waals surface area (Å²) in [6.07, 6.45) is 5.93. The van der Waals surface area contributed by atoms with Gasteiger partial charge in [-0.2, -0.15) is 0 Å². The first-order valence-corrected chi connectivity index (χ1v) is 16.7. The number of carbonyl (C=O) groups excluding carboxylic acids is 4. The fourth-order valence-electron chi connectivity index (χ4n) is 6.28. The monoisotopic (exact) mass is 647 g/mol. The summed E-state index contributed by atoms with van der Waals surface area (Å²) < 4.78 is 5.89. The van der Waals surface area contributed by atoms with Crippen molar-refractivity contribution in [2.24, 2.45) is 17.3 Å². The number of amides is 3. The van der Waals surface area contributed by atoms with E-state index in [2.05, 4.69) is 28.1 Å². The Morgan fingerprint density at radius 3 is 2.43 bits per heavy atom. The minimum atomic E-state index is -1.09. The summed E-state index contributed by atoms with van der Waals surface area (Å²) in [4.78, 5) is 61.9. The Morgan fingerprint density at radius 1 is 0.979 bits per heavy atom. The van der Waals surface area contributed by atoms with Gasteiger partial charge in [-0.05, 0) is 102 Å². The molecular weight excluding hydrogens is 598 g/mol. The standard InChI is InChI=1S/C35H49N7O5/c1-22(2)30-32(44)37-28(21-24-14-18-40(5)19-15-24)33(45)42-17-7-8-26(38-42)31(43)39-41(6)29-12-11-25-10-9-23(20-27(25)36-29)13-16-35(3,4)34(46)47-30/h9-13,16,20,22,24,26,28,30,38H,7-8,14-15,17-19,21H2,1-6H3,(H,37,44)(H,39,43)/b16-13+/t26-,28-,30-/m0/s1. The van der Waals surface area contributed by atoms with Crippen LogP contribution in [0.25, 0.3) is 17.0 Å². The van der Waals surface area contributed by atoms with Gasteiger partial charge in [-0.25, -0.2) is 10.4 Å². The molecule has 12 nitrogen and oxygen atoms in total. The van der Waals surface area contributed by atoms with E-state index >= 15 is 0 Å². The molecule has 0 unspecified atom stereocenters. The summed E-state index contributed by atoms with van der Waals surface area (Å²) in [7, 11) is 3.80. The highest BCUT2D eigenvalue weighted by atomic mass is 16.5. The van der Waals surface area contributed by atoms with Gasteiger partial charge in [0.15, 0.2) is 6.10 Å². The molecule has 0 aliphatic carbocycles. The van der Waals surface area contributed by atoms with Crippen molar-refractivity contribution < 1.29 is 23.9 Å². The average Bonchev–Trinajstić information content (AvgIpc) is 3.05. The molecule has 1 aromatic heterocycles. The second-order valence-corrected chi connectivity index (χ2v) is 14.1. The maximum atomic E-state index is 14.1. The number of anilines is 1. The van der Waals surface area contributed by atoms with Crippen molar-refractivity contribution in [1.29, 1.82) is 0 Å². The van der Waals surface area contributed by atoms with E-state index in [-0.39, 0.29) is 23.7 Å². The molecule has 2 aromatic rings. The van der Waals surface area contributed by atoms with Crippen molar-refractivity contribution in [2.45, 2.75) is 78.0 Å². The number of pyridine rings is 1. The maximum Gasteiger partial charge on any atom is 0.316 e. The van der Waals surface area contributed by atoms with Crippen molar-refractivity contribution in [3.8, 4) is 0 Å². The van der Waals surface area contributed by atoms with Crippen LogP contribution < -0.4 is 21.2 Å². The summed E-state index contributed by atoms with van der Waals surface area (Å²) in [5, 5.41) is 6.93. The number of nitrogens with one attached hydrogen (secondary N) is 3. The molecule has 5 rings (SSSR count). The van der Waals surface area contributed by atoms with Gasteiger partial charge in [-0.15, -0.1) is 0 Å². The third-order valence-electron chi connectivity index (χ3n) is 9.43. The summed E-state index contributed by atoms with van der Waals surface area (Å²) in [6, 6.07) is 8.06. The van der Waals surface area contributed by atoms with Crippen molar-refractivity contribution in [3.63, 3.8) is 0 Å². The van der Waals surface area contributed by atoms with E-state index in [1.807, 2.05) is 50.3 Å². The van der Waals surface area contributed by atoms with Crippen molar-refractivity contribution in [2.75, 3.05) is 38.7 Å². The quantitative estimate of drug-likeness (QED) is 0.430. The molecule has 3 amide bonds. The second kappa shape index (κ2) is 14.4. The largest absolute Gasteiger partial charge is 0.451 e. The molecular formula is C35H49N7O5. The first-order valence-electron chi connectivity index (χ1n) is 16.7. The van der Waals surface area contributed by atoms with Gasteiger partial charge in [-0.1, -0.05) is 38.1 Å². The Balaban J connectivity index is 1.49. The number of hydrogen-bond donors (Lipinski definition) is 3. The third-order valence-corrected chi connectivity index (χ3v) is 9.43. The van der Waals surface area contributed by atoms with Crippen molar-refractivity contribution >= 4 is 46.5 Å². The number of ether oxygens (including phenoxy) is 1. The van der Waals surface area contributed by atoms with Crippen LogP contribution in [0.3, 0.4) is 0 Å². The van der Waals surface area contributed by atoms with E-state index < -0.39 is 35.5 Å². The number of benzene rings is 1. The molecule has 12 heteroatoms. The Morgan fingerprint density at radius 2 is 1.70 bits per heavy atom. The Labute approximate surface area is 277 Å². The molecule has 3 N–H and O–H groups in total. The predicted octanol–water partition coefficient (Wildman–Crippen LogP) is 3.04. The summed E-state index contributed by atoms with van der Waals surface area (Å²) in [5.41, 5.74) is 6.55. The minimum absolute atomic E-state index is 0.235. The molecule has 0 radical (unpaired) electrons. The molecule has 47 heavy (non-hydrogen) atoms. The number of hydrazine groups is 2. The zero-order valence-corrected chi connectivity index (χ0v) is 28.4. The molecule has 0 saturated carbocycles. The predicted molar refractivity (Wildman–Crippen MR) is 180 cm³/mol. The average molecular weight is 648 g/mol. The van der Waals surface area contributed by atoms with Gasteiger partial charge in [0.2, 0.25) is 0 Å². The van der Waals surface area contributed by atoms with E-state index in [0.717, 1.165) is 42.4 Å². The first-order chi connectivity index (χ1) is 22.3. The van der Waals surface area contributed by atoms with Crippen LogP contribution in [0.2, 0.25) is 0 Å². The molecule has 3 aliphatic heterocycles. The van der Waals surface area contributed by atoms with Crippen LogP contribution in [0.15, 0.2) is 36.4 Å². The number of piperidine rings is 1. The third kappa shape index (κ3) is 8.28. The fraction of sp³-hybridized carbons (Fsp3) is 0.571. The number of nitrogens with zero attached hydrogens (tertiary/aromatic N) is 4. The first kappa shape index (κ1) is 34.3. The molecule has 5 bridgehead atoms. The lowest BCUT2D eigenvalue weighted by Gasteiger charge is -2.38. The van der Waals surface area contributed by atoms with Crippen LogP contribution >= 0.6 is 0 Å².